The molecule has 0 saturated carbocycles. The fraction of sp³-hybridized carbons (Fsp3) is 0.214. The van der Waals surface area contributed by atoms with Crippen molar-refractivity contribution < 1.29 is 0 Å². The number of hydrogen-bond donors (Lipinski definition) is 2. The lowest BCUT2D eigenvalue weighted by molar-refractivity contribution is 0.888. The van der Waals surface area contributed by atoms with E-state index in [1.807, 2.05) is 43.5 Å². The van der Waals surface area contributed by atoms with Crippen molar-refractivity contribution in [1.29, 1.82) is 0 Å². The van der Waals surface area contributed by atoms with Gasteiger partial charge in [0.05, 0.1) is 11.0 Å². The highest BCUT2D eigenvalue weighted by atomic mass is 32.2. The molecule has 1 aromatic carbocycles. The minimum Gasteiger partial charge on any atom is -0.370 e. The summed E-state index contributed by atoms with van der Waals surface area (Å²) in [5.74, 6) is 0.843. The monoisotopic (exact) mass is 317 g/mol. The van der Waals surface area contributed by atoms with Crippen LogP contribution < -0.4 is 5.32 Å². The van der Waals surface area contributed by atoms with E-state index in [1.165, 1.54) is 23.5 Å². The molecule has 3 rings (SSSR count). The Morgan fingerprint density at radius 3 is 2.81 bits per heavy atom. The highest BCUT2D eigenvalue weighted by Gasteiger charge is 2.08. The largest absolute Gasteiger partial charge is 0.370 e. The van der Waals surface area contributed by atoms with Gasteiger partial charge in [0.25, 0.3) is 0 Å². The maximum atomic E-state index is 4.56. The maximum absolute atomic E-state index is 4.56. The minimum atomic E-state index is 0.757. The first kappa shape index (κ1) is 14.2. The van der Waals surface area contributed by atoms with Gasteiger partial charge in [-0.25, -0.2) is 15.0 Å². The smallest absolute Gasteiger partial charge is 0.190 e. The number of aromatic nitrogens is 4. The Kier molecular flexibility index (Phi) is 4.31. The lowest BCUT2D eigenvalue weighted by Crippen LogP contribution is -2.01. The zero-order chi connectivity index (χ0) is 14.7. The summed E-state index contributed by atoms with van der Waals surface area (Å²) in [6.45, 7) is 2.88. The molecule has 0 atom stereocenters. The van der Waals surface area contributed by atoms with E-state index >= 15 is 0 Å². The standard InChI is InChI=1S/C14H15N5S2/c1-3-15-11-8-12(19-13(18-11)20-2)21-14-16-9-6-4-5-7-10(9)17-14/h4-8H,3H2,1-2H3,(H,16,17)(H,15,18,19). The number of nitrogens with one attached hydrogen (secondary N) is 2. The third kappa shape index (κ3) is 3.30. The van der Waals surface area contributed by atoms with Gasteiger partial charge in [-0.3, -0.25) is 0 Å². The molecule has 0 aliphatic carbocycles. The molecule has 0 spiro atoms. The number of nitrogens with zero attached hydrogens (tertiary/aromatic N) is 3. The van der Waals surface area contributed by atoms with Crippen molar-refractivity contribution in [3.8, 4) is 0 Å². The number of rotatable bonds is 5. The molecular formula is C14H15N5S2. The molecule has 0 saturated heterocycles. The van der Waals surface area contributed by atoms with Crippen LogP contribution in [0.2, 0.25) is 0 Å². The first-order valence-corrected chi connectivity index (χ1v) is 8.62. The number of aromatic amines is 1. The molecule has 108 valence electrons. The van der Waals surface area contributed by atoms with Crippen molar-refractivity contribution in [2.45, 2.75) is 22.3 Å². The fourth-order valence-electron chi connectivity index (χ4n) is 1.90. The van der Waals surface area contributed by atoms with Crippen LogP contribution in [0.15, 0.2) is 45.7 Å². The molecule has 0 aliphatic heterocycles. The third-order valence-electron chi connectivity index (χ3n) is 2.79. The van der Waals surface area contributed by atoms with Gasteiger partial charge < -0.3 is 10.3 Å². The summed E-state index contributed by atoms with van der Waals surface area (Å²) in [4.78, 5) is 16.8. The Morgan fingerprint density at radius 2 is 2.05 bits per heavy atom. The lowest BCUT2D eigenvalue weighted by Gasteiger charge is -2.06. The van der Waals surface area contributed by atoms with Gasteiger partial charge in [0.15, 0.2) is 10.3 Å². The van der Waals surface area contributed by atoms with Gasteiger partial charge in [0.1, 0.15) is 10.8 Å². The van der Waals surface area contributed by atoms with Crippen molar-refractivity contribution >= 4 is 40.4 Å². The van der Waals surface area contributed by atoms with Crippen molar-refractivity contribution in [1.82, 2.24) is 19.9 Å². The van der Waals surface area contributed by atoms with Gasteiger partial charge in [-0.15, -0.1) is 0 Å². The summed E-state index contributed by atoms with van der Waals surface area (Å²) in [6, 6.07) is 9.93. The molecule has 0 radical (unpaired) electrons. The summed E-state index contributed by atoms with van der Waals surface area (Å²) in [5.41, 5.74) is 2.00. The Labute approximate surface area is 131 Å². The number of thioether (sulfide) groups is 1. The van der Waals surface area contributed by atoms with Crippen LogP contribution in [0.1, 0.15) is 6.92 Å². The highest BCUT2D eigenvalue weighted by Crippen LogP contribution is 2.28. The van der Waals surface area contributed by atoms with Crippen molar-refractivity contribution in [2.75, 3.05) is 18.1 Å². The number of imidazole rings is 1. The number of hydrogen-bond acceptors (Lipinski definition) is 6. The van der Waals surface area contributed by atoms with Crippen LogP contribution in [0, 0.1) is 0 Å². The summed E-state index contributed by atoms with van der Waals surface area (Å²) in [6.07, 6.45) is 1.97. The predicted octanol–water partition coefficient (Wildman–Crippen LogP) is 3.66. The van der Waals surface area contributed by atoms with Crippen LogP contribution in [0.25, 0.3) is 11.0 Å². The fourth-order valence-corrected chi connectivity index (χ4v) is 3.14. The van der Waals surface area contributed by atoms with Crippen LogP contribution in [0.5, 0.6) is 0 Å². The van der Waals surface area contributed by atoms with Crippen LogP contribution in [0.4, 0.5) is 5.82 Å². The van der Waals surface area contributed by atoms with Crippen LogP contribution in [-0.2, 0) is 0 Å². The molecule has 2 aromatic heterocycles. The molecule has 2 heterocycles. The van der Waals surface area contributed by atoms with Crippen LogP contribution in [0.3, 0.4) is 0 Å². The predicted molar refractivity (Wildman–Crippen MR) is 88.2 cm³/mol. The van der Waals surface area contributed by atoms with Gasteiger partial charge in [0, 0.05) is 12.6 Å². The molecule has 0 bridgehead atoms. The second-order valence-electron chi connectivity index (χ2n) is 4.27. The first-order chi connectivity index (χ1) is 10.3. The molecule has 7 heteroatoms. The number of anilines is 1. The zero-order valence-electron chi connectivity index (χ0n) is 11.8. The highest BCUT2D eigenvalue weighted by molar-refractivity contribution is 7.99. The molecule has 0 aliphatic rings. The van der Waals surface area contributed by atoms with Gasteiger partial charge in [0.2, 0.25) is 0 Å². The number of benzene rings is 1. The number of fused-ring (bicyclic) bond motifs is 1. The second kappa shape index (κ2) is 6.36. The van der Waals surface area contributed by atoms with Gasteiger partial charge in [-0.1, -0.05) is 23.9 Å². The van der Waals surface area contributed by atoms with Crippen LogP contribution >= 0.6 is 23.5 Å². The molecule has 0 fully saturated rings. The van der Waals surface area contributed by atoms with Crippen molar-refractivity contribution in [3.63, 3.8) is 0 Å². The average molecular weight is 317 g/mol. The molecule has 21 heavy (non-hydrogen) atoms. The quantitative estimate of drug-likeness (QED) is 0.425. The van der Waals surface area contributed by atoms with E-state index in [0.29, 0.717) is 0 Å². The van der Waals surface area contributed by atoms with Crippen LogP contribution in [-0.4, -0.2) is 32.7 Å². The topological polar surface area (TPSA) is 66.5 Å². The van der Waals surface area contributed by atoms with E-state index in [1.54, 1.807) is 0 Å². The summed E-state index contributed by atoms with van der Waals surface area (Å²) < 4.78 is 0. The van der Waals surface area contributed by atoms with E-state index in [9.17, 15) is 0 Å². The van der Waals surface area contributed by atoms with Gasteiger partial charge >= 0.3 is 0 Å². The average Bonchev–Trinajstić information content (AvgIpc) is 2.89. The normalized spacial score (nSPS) is 11.0. The Hall–Kier alpha value is -1.73. The van der Waals surface area contributed by atoms with E-state index in [2.05, 4.69) is 25.3 Å². The second-order valence-corrected chi connectivity index (χ2v) is 6.05. The van der Waals surface area contributed by atoms with Gasteiger partial charge in [-0.05, 0) is 37.1 Å². The Bertz CT molecular complexity index is 723. The number of para-hydroxylation sites is 2. The van der Waals surface area contributed by atoms with E-state index in [0.717, 1.165) is 38.7 Å². The summed E-state index contributed by atoms with van der Waals surface area (Å²) in [5, 5.41) is 5.70. The molecular weight excluding hydrogens is 302 g/mol. The van der Waals surface area contributed by atoms with E-state index in [4.69, 9.17) is 0 Å². The van der Waals surface area contributed by atoms with E-state index < -0.39 is 0 Å². The van der Waals surface area contributed by atoms with Crippen molar-refractivity contribution in [2.24, 2.45) is 0 Å². The zero-order valence-corrected chi connectivity index (χ0v) is 13.4. The summed E-state index contributed by atoms with van der Waals surface area (Å²) in [7, 11) is 0. The van der Waals surface area contributed by atoms with E-state index in [-0.39, 0.29) is 0 Å². The lowest BCUT2D eigenvalue weighted by atomic mass is 10.3. The molecule has 3 aromatic rings. The summed E-state index contributed by atoms with van der Waals surface area (Å²) >= 11 is 3.04. The van der Waals surface area contributed by atoms with Gasteiger partial charge in [-0.2, -0.15) is 0 Å². The number of H-pyrrole nitrogens is 1. The molecule has 0 unspecified atom stereocenters. The molecule has 5 nitrogen and oxygen atoms in total. The first-order valence-electron chi connectivity index (χ1n) is 6.58. The Morgan fingerprint density at radius 1 is 1.19 bits per heavy atom. The molecule has 2 N–H and O–H groups in total. The minimum absolute atomic E-state index is 0.757. The SMILES string of the molecule is CCNc1cc(Sc2nc3ccccc3[nH]2)nc(SC)n1. The van der Waals surface area contributed by atoms with Crippen molar-refractivity contribution in [3.05, 3.63) is 30.3 Å². The molecule has 0 amide bonds. The third-order valence-corrected chi connectivity index (χ3v) is 4.14. The Balaban J connectivity index is 1.90. The maximum Gasteiger partial charge on any atom is 0.190 e.